The number of benzene rings is 1. The van der Waals surface area contributed by atoms with Gasteiger partial charge >= 0.3 is 0 Å². The van der Waals surface area contributed by atoms with Crippen LogP contribution >= 0.6 is 0 Å². The second-order valence-corrected chi connectivity index (χ2v) is 5.98. The van der Waals surface area contributed by atoms with Crippen LogP contribution in [0.15, 0.2) is 28.8 Å². The Bertz CT molecular complexity index is 766. The Labute approximate surface area is 138 Å². The number of methoxy groups -OCH3 is 1. The molecular formula is C17H18N2O5. The first kappa shape index (κ1) is 15.0. The van der Waals surface area contributed by atoms with Gasteiger partial charge in [-0.15, -0.1) is 0 Å². The van der Waals surface area contributed by atoms with Gasteiger partial charge in [-0.05, 0) is 31.0 Å². The zero-order chi connectivity index (χ0) is 16.6. The van der Waals surface area contributed by atoms with Crippen LogP contribution in [0.1, 0.15) is 18.5 Å². The zero-order valence-corrected chi connectivity index (χ0v) is 13.3. The Hall–Kier alpha value is -2.54. The molecule has 1 aliphatic carbocycles. The van der Waals surface area contributed by atoms with Gasteiger partial charge < -0.3 is 24.1 Å². The number of aromatic nitrogens is 1. The van der Waals surface area contributed by atoms with E-state index in [0.29, 0.717) is 30.4 Å². The van der Waals surface area contributed by atoms with Crippen LogP contribution < -0.4 is 14.8 Å². The fourth-order valence-corrected chi connectivity index (χ4v) is 2.85. The number of nitrogens with zero attached hydrogens (tertiary/aromatic N) is 1. The van der Waals surface area contributed by atoms with Gasteiger partial charge in [-0.2, -0.15) is 0 Å². The molecule has 0 bridgehead atoms. The molecule has 2 heterocycles. The van der Waals surface area contributed by atoms with E-state index in [1.807, 2.05) is 24.3 Å². The molecule has 1 aliphatic heterocycles. The number of hydrogen-bond acceptors (Lipinski definition) is 6. The predicted molar refractivity (Wildman–Crippen MR) is 83.9 cm³/mol. The van der Waals surface area contributed by atoms with E-state index in [1.165, 1.54) is 0 Å². The summed E-state index contributed by atoms with van der Waals surface area (Å²) in [5, 5.41) is 7.02. The van der Waals surface area contributed by atoms with Crippen molar-refractivity contribution in [3.63, 3.8) is 0 Å². The molecule has 1 amide bonds. The molecule has 2 aliphatic rings. The number of carbonyl (C=O) groups is 1. The lowest BCUT2D eigenvalue weighted by Crippen LogP contribution is -2.36. The minimum absolute atomic E-state index is 0.0231. The molecule has 0 saturated heterocycles. The third-order valence-electron chi connectivity index (χ3n) is 4.43. The summed E-state index contributed by atoms with van der Waals surface area (Å²) in [5.41, 5.74) is 0.949. The topological polar surface area (TPSA) is 82.8 Å². The van der Waals surface area contributed by atoms with Crippen molar-refractivity contribution in [3.05, 3.63) is 30.0 Å². The average molecular weight is 330 g/mol. The lowest BCUT2D eigenvalue weighted by molar-refractivity contribution is -0.123. The van der Waals surface area contributed by atoms with Crippen LogP contribution in [0.3, 0.4) is 0 Å². The Balaban J connectivity index is 1.53. The summed E-state index contributed by atoms with van der Waals surface area (Å²) in [6.07, 6.45) is 1.55. The van der Waals surface area contributed by atoms with Crippen LogP contribution in [0.25, 0.3) is 11.3 Å². The average Bonchev–Trinajstić information content (AvgIpc) is 3.05. The summed E-state index contributed by atoms with van der Waals surface area (Å²) in [7, 11) is 1.61. The van der Waals surface area contributed by atoms with Crippen LogP contribution in [0.5, 0.6) is 11.5 Å². The molecule has 7 nitrogen and oxygen atoms in total. The second-order valence-electron chi connectivity index (χ2n) is 5.98. The maximum Gasteiger partial charge on any atom is 0.232 e. The third-order valence-corrected chi connectivity index (χ3v) is 4.43. The second kappa shape index (κ2) is 5.83. The lowest BCUT2D eigenvalue weighted by atomic mass is 10.0. The van der Waals surface area contributed by atoms with E-state index in [4.69, 9.17) is 18.7 Å². The minimum Gasteiger partial charge on any atom is -0.454 e. The quantitative estimate of drug-likeness (QED) is 0.814. The first-order chi connectivity index (χ1) is 11.7. The predicted octanol–water partition coefficient (Wildman–Crippen LogP) is 1.86. The Morgan fingerprint density at radius 2 is 2.12 bits per heavy atom. The summed E-state index contributed by atoms with van der Waals surface area (Å²) in [4.78, 5) is 12.4. The van der Waals surface area contributed by atoms with Gasteiger partial charge in [0.25, 0.3) is 0 Å². The molecule has 0 unspecified atom stereocenters. The first-order valence-electron chi connectivity index (χ1n) is 7.87. The van der Waals surface area contributed by atoms with Crippen molar-refractivity contribution in [2.24, 2.45) is 0 Å². The molecule has 7 heteroatoms. The van der Waals surface area contributed by atoms with E-state index in [2.05, 4.69) is 10.5 Å². The van der Waals surface area contributed by atoms with Gasteiger partial charge in [0, 0.05) is 25.3 Å². The number of fused-ring (bicyclic) bond motifs is 1. The van der Waals surface area contributed by atoms with Crippen molar-refractivity contribution >= 4 is 5.91 Å². The van der Waals surface area contributed by atoms with Gasteiger partial charge in [-0.1, -0.05) is 5.16 Å². The standard InChI is InChI=1S/C17H18N2O5/c1-21-7-6-18-16(20)17(4-5-17)15-9-13(24-19-15)11-2-3-12-14(8-11)23-10-22-12/h2-3,8-9H,4-7,10H2,1H3,(H,18,20). The molecule has 1 saturated carbocycles. The molecule has 0 radical (unpaired) electrons. The minimum atomic E-state index is -0.564. The number of rotatable bonds is 6. The van der Waals surface area contributed by atoms with Crippen molar-refractivity contribution in [1.29, 1.82) is 0 Å². The highest BCUT2D eigenvalue weighted by molar-refractivity contribution is 5.91. The van der Waals surface area contributed by atoms with E-state index in [-0.39, 0.29) is 12.7 Å². The summed E-state index contributed by atoms with van der Waals surface area (Å²) in [6, 6.07) is 7.41. The highest BCUT2D eigenvalue weighted by Gasteiger charge is 2.53. The lowest BCUT2D eigenvalue weighted by Gasteiger charge is -2.11. The molecule has 126 valence electrons. The Morgan fingerprint density at radius 1 is 1.29 bits per heavy atom. The molecule has 1 N–H and O–H groups in total. The maximum atomic E-state index is 12.4. The largest absolute Gasteiger partial charge is 0.454 e. The van der Waals surface area contributed by atoms with Crippen LogP contribution in [-0.2, 0) is 14.9 Å². The van der Waals surface area contributed by atoms with Crippen molar-refractivity contribution in [1.82, 2.24) is 10.5 Å². The smallest absolute Gasteiger partial charge is 0.232 e. The molecule has 0 spiro atoms. The molecule has 1 fully saturated rings. The highest BCUT2D eigenvalue weighted by atomic mass is 16.7. The highest BCUT2D eigenvalue weighted by Crippen LogP contribution is 2.48. The van der Waals surface area contributed by atoms with Crippen LogP contribution in [-0.4, -0.2) is 38.1 Å². The van der Waals surface area contributed by atoms with Crippen molar-refractivity contribution in [2.75, 3.05) is 27.1 Å². The van der Waals surface area contributed by atoms with E-state index in [0.717, 1.165) is 24.2 Å². The number of hydrogen-bond donors (Lipinski definition) is 1. The normalized spacial score (nSPS) is 16.9. The Kier molecular flexibility index (Phi) is 3.65. The van der Waals surface area contributed by atoms with E-state index >= 15 is 0 Å². The van der Waals surface area contributed by atoms with E-state index in [9.17, 15) is 4.79 Å². The van der Waals surface area contributed by atoms with Gasteiger partial charge in [-0.25, -0.2) is 0 Å². The SMILES string of the molecule is COCCNC(=O)C1(c2cc(-c3ccc4c(c3)OCO4)on2)CC1. The summed E-state index contributed by atoms with van der Waals surface area (Å²) in [6.45, 7) is 1.21. The van der Waals surface area contributed by atoms with Gasteiger partial charge in [-0.3, -0.25) is 4.79 Å². The first-order valence-corrected chi connectivity index (χ1v) is 7.87. The van der Waals surface area contributed by atoms with Gasteiger partial charge in [0.15, 0.2) is 17.3 Å². The summed E-state index contributed by atoms with van der Waals surface area (Å²) >= 11 is 0. The molecule has 2 aromatic rings. The molecule has 1 aromatic carbocycles. The third kappa shape index (κ3) is 2.50. The van der Waals surface area contributed by atoms with Gasteiger partial charge in [0.1, 0.15) is 0 Å². The molecule has 1 aromatic heterocycles. The number of amides is 1. The van der Waals surface area contributed by atoms with Crippen LogP contribution in [0.4, 0.5) is 0 Å². The van der Waals surface area contributed by atoms with Crippen molar-refractivity contribution in [3.8, 4) is 22.8 Å². The monoisotopic (exact) mass is 330 g/mol. The maximum absolute atomic E-state index is 12.4. The number of nitrogens with one attached hydrogen (secondary N) is 1. The fraction of sp³-hybridized carbons (Fsp3) is 0.412. The molecule has 24 heavy (non-hydrogen) atoms. The Morgan fingerprint density at radius 3 is 2.92 bits per heavy atom. The number of carbonyl (C=O) groups excluding carboxylic acids is 1. The summed E-state index contributed by atoms with van der Waals surface area (Å²) in [5.74, 6) is 1.99. The van der Waals surface area contributed by atoms with Gasteiger partial charge in [0.05, 0.1) is 17.7 Å². The fourth-order valence-electron chi connectivity index (χ4n) is 2.85. The number of ether oxygens (including phenoxy) is 3. The van der Waals surface area contributed by atoms with Crippen molar-refractivity contribution < 1.29 is 23.5 Å². The molecule has 4 rings (SSSR count). The van der Waals surface area contributed by atoms with Crippen LogP contribution in [0.2, 0.25) is 0 Å². The van der Waals surface area contributed by atoms with E-state index < -0.39 is 5.41 Å². The molecular weight excluding hydrogens is 312 g/mol. The van der Waals surface area contributed by atoms with E-state index in [1.54, 1.807) is 7.11 Å². The summed E-state index contributed by atoms with van der Waals surface area (Å²) < 4.78 is 21.1. The van der Waals surface area contributed by atoms with Crippen molar-refractivity contribution in [2.45, 2.75) is 18.3 Å². The zero-order valence-electron chi connectivity index (χ0n) is 13.3. The molecule has 0 atom stereocenters. The van der Waals surface area contributed by atoms with Gasteiger partial charge in [0.2, 0.25) is 12.7 Å². The van der Waals surface area contributed by atoms with Crippen LogP contribution in [0, 0.1) is 0 Å².